The Morgan fingerprint density at radius 1 is 1.14 bits per heavy atom. The van der Waals surface area contributed by atoms with Crippen molar-refractivity contribution < 1.29 is 4.42 Å². The maximum Gasteiger partial charge on any atom is 0.195 e. The quantitative estimate of drug-likeness (QED) is 0.474. The SMILES string of the molecule is Cc1cccc(-c2ccc(CN3CCc4nc(-c5ccco5)ncc4C3)s2)c1. The second kappa shape index (κ2) is 7.34. The summed E-state index contributed by atoms with van der Waals surface area (Å²) in [5.41, 5.74) is 4.97. The van der Waals surface area contributed by atoms with Crippen molar-refractivity contribution in [3.05, 3.63) is 82.7 Å². The number of hydrogen-bond acceptors (Lipinski definition) is 5. The second-order valence-corrected chi connectivity index (χ2v) is 8.41. The van der Waals surface area contributed by atoms with E-state index in [1.54, 1.807) is 6.26 Å². The molecule has 0 bridgehead atoms. The summed E-state index contributed by atoms with van der Waals surface area (Å²) in [6, 6.07) is 17.0. The highest BCUT2D eigenvalue weighted by Crippen LogP contribution is 2.30. The third kappa shape index (κ3) is 3.51. The van der Waals surface area contributed by atoms with Gasteiger partial charge in [0, 0.05) is 47.6 Å². The highest BCUT2D eigenvalue weighted by molar-refractivity contribution is 7.15. The van der Waals surface area contributed by atoms with Gasteiger partial charge in [-0.15, -0.1) is 11.3 Å². The Bertz CT molecular complexity index is 1100. The standard InChI is InChI=1S/C23H21N3OS/c1-16-4-2-5-17(12-16)22-8-7-19(28-22)15-26-10-9-20-18(14-26)13-24-23(25-20)21-6-3-11-27-21/h2-8,11-13H,9-10,14-15H2,1H3. The van der Waals surface area contributed by atoms with Crippen LogP contribution in [0.2, 0.25) is 0 Å². The number of thiophene rings is 1. The van der Waals surface area contributed by atoms with Crippen LogP contribution in [0.1, 0.15) is 21.7 Å². The van der Waals surface area contributed by atoms with Crippen LogP contribution in [0.25, 0.3) is 22.0 Å². The molecule has 5 heteroatoms. The summed E-state index contributed by atoms with van der Waals surface area (Å²) in [5.74, 6) is 1.41. The number of fused-ring (bicyclic) bond motifs is 1. The van der Waals surface area contributed by atoms with Gasteiger partial charge >= 0.3 is 0 Å². The third-order valence-electron chi connectivity index (χ3n) is 5.10. The van der Waals surface area contributed by atoms with E-state index in [1.165, 1.54) is 26.4 Å². The molecule has 1 aliphatic heterocycles. The van der Waals surface area contributed by atoms with Crippen molar-refractivity contribution in [2.24, 2.45) is 0 Å². The fraction of sp³-hybridized carbons (Fsp3) is 0.217. The lowest BCUT2D eigenvalue weighted by Crippen LogP contribution is -2.30. The Kier molecular flexibility index (Phi) is 4.55. The molecule has 1 aromatic carbocycles. The Morgan fingerprint density at radius 2 is 2.11 bits per heavy atom. The van der Waals surface area contributed by atoms with E-state index in [2.05, 4.69) is 53.2 Å². The van der Waals surface area contributed by atoms with Crippen LogP contribution in [0.4, 0.5) is 0 Å². The number of furan rings is 1. The van der Waals surface area contributed by atoms with Gasteiger partial charge in [0.25, 0.3) is 0 Å². The van der Waals surface area contributed by atoms with Gasteiger partial charge < -0.3 is 4.42 Å². The van der Waals surface area contributed by atoms with Crippen molar-refractivity contribution in [2.75, 3.05) is 6.54 Å². The van der Waals surface area contributed by atoms with Crippen LogP contribution >= 0.6 is 11.3 Å². The van der Waals surface area contributed by atoms with Gasteiger partial charge in [0.1, 0.15) is 0 Å². The average Bonchev–Trinajstić information content (AvgIpc) is 3.40. The molecule has 0 saturated carbocycles. The van der Waals surface area contributed by atoms with E-state index in [0.717, 1.165) is 37.5 Å². The largest absolute Gasteiger partial charge is 0.461 e. The van der Waals surface area contributed by atoms with Crippen molar-refractivity contribution in [1.82, 2.24) is 14.9 Å². The van der Waals surface area contributed by atoms with E-state index >= 15 is 0 Å². The summed E-state index contributed by atoms with van der Waals surface area (Å²) < 4.78 is 5.42. The molecule has 0 amide bonds. The Labute approximate surface area is 168 Å². The first-order chi connectivity index (χ1) is 13.7. The summed E-state index contributed by atoms with van der Waals surface area (Å²) in [5, 5.41) is 0. The van der Waals surface area contributed by atoms with Crippen molar-refractivity contribution in [3.8, 4) is 22.0 Å². The summed E-state index contributed by atoms with van der Waals surface area (Å²) in [6.45, 7) is 5.02. The normalized spacial score (nSPS) is 14.2. The number of aromatic nitrogens is 2. The van der Waals surface area contributed by atoms with E-state index in [4.69, 9.17) is 9.40 Å². The molecule has 3 aromatic heterocycles. The molecule has 140 valence electrons. The molecule has 4 nitrogen and oxygen atoms in total. The molecular formula is C23H21N3OS. The Hall–Kier alpha value is -2.76. The predicted molar refractivity (Wildman–Crippen MR) is 112 cm³/mol. The average molecular weight is 388 g/mol. The smallest absolute Gasteiger partial charge is 0.195 e. The fourth-order valence-corrected chi connectivity index (χ4v) is 4.72. The second-order valence-electron chi connectivity index (χ2n) is 7.24. The molecule has 0 atom stereocenters. The molecule has 0 fully saturated rings. The van der Waals surface area contributed by atoms with Crippen molar-refractivity contribution in [2.45, 2.75) is 26.4 Å². The van der Waals surface area contributed by atoms with Gasteiger partial charge in [-0.05, 0) is 36.8 Å². The minimum absolute atomic E-state index is 0.679. The molecule has 4 aromatic rings. The molecule has 0 N–H and O–H groups in total. The third-order valence-corrected chi connectivity index (χ3v) is 6.22. The molecule has 28 heavy (non-hydrogen) atoms. The van der Waals surface area contributed by atoms with Gasteiger partial charge in [0.2, 0.25) is 0 Å². The molecule has 0 radical (unpaired) electrons. The monoisotopic (exact) mass is 387 g/mol. The maximum atomic E-state index is 5.42. The fourth-order valence-electron chi connectivity index (χ4n) is 3.67. The van der Waals surface area contributed by atoms with Gasteiger partial charge in [-0.2, -0.15) is 0 Å². The van der Waals surface area contributed by atoms with Gasteiger partial charge in [-0.25, -0.2) is 9.97 Å². The molecule has 4 heterocycles. The number of nitrogens with zero attached hydrogens (tertiary/aromatic N) is 3. The first-order valence-corrected chi connectivity index (χ1v) is 10.3. The van der Waals surface area contributed by atoms with Crippen LogP contribution < -0.4 is 0 Å². The van der Waals surface area contributed by atoms with E-state index in [9.17, 15) is 0 Å². The first kappa shape index (κ1) is 17.3. The van der Waals surface area contributed by atoms with E-state index in [-0.39, 0.29) is 0 Å². The van der Waals surface area contributed by atoms with Crippen LogP contribution in [-0.4, -0.2) is 21.4 Å². The van der Waals surface area contributed by atoms with E-state index in [0.29, 0.717) is 5.82 Å². The molecule has 0 saturated heterocycles. The minimum Gasteiger partial charge on any atom is -0.461 e. The highest BCUT2D eigenvalue weighted by atomic mass is 32.1. The van der Waals surface area contributed by atoms with Gasteiger partial charge in [0.15, 0.2) is 11.6 Å². The summed E-state index contributed by atoms with van der Waals surface area (Å²) in [4.78, 5) is 14.4. The summed E-state index contributed by atoms with van der Waals surface area (Å²) in [6.07, 6.45) is 4.56. The predicted octanol–water partition coefficient (Wildman–Crippen LogP) is 5.33. The number of aryl methyl sites for hydroxylation is 1. The van der Waals surface area contributed by atoms with Gasteiger partial charge in [0.05, 0.1) is 12.0 Å². The van der Waals surface area contributed by atoms with Crippen LogP contribution in [0.5, 0.6) is 0 Å². The van der Waals surface area contributed by atoms with Crippen molar-refractivity contribution >= 4 is 11.3 Å². The molecule has 0 aliphatic carbocycles. The van der Waals surface area contributed by atoms with E-state index < -0.39 is 0 Å². The van der Waals surface area contributed by atoms with Crippen molar-refractivity contribution in [3.63, 3.8) is 0 Å². The zero-order chi connectivity index (χ0) is 18.9. The molecule has 0 unspecified atom stereocenters. The van der Waals surface area contributed by atoms with Crippen LogP contribution in [-0.2, 0) is 19.5 Å². The molecular weight excluding hydrogens is 366 g/mol. The Morgan fingerprint density at radius 3 is 2.96 bits per heavy atom. The molecule has 1 aliphatic rings. The van der Waals surface area contributed by atoms with Crippen LogP contribution in [0.3, 0.4) is 0 Å². The molecule has 0 spiro atoms. The number of rotatable bonds is 4. The lowest BCUT2D eigenvalue weighted by atomic mass is 10.1. The maximum absolute atomic E-state index is 5.42. The zero-order valence-electron chi connectivity index (χ0n) is 15.8. The van der Waals surface area contributed by atoms with Gasteiger partial charge in [-0.1, -0.05) is 29.8 Å². The lowest BCUT2D eigenvalue weighted by molar-refractivity contribution is 0.245. The lowest BCUT2D eigenvalue weighted by Gasteiger charge is -2.27. The molecule has 5 rings (SSSR count). The number of benzene rings is 1. The zero-order valence-corrected chi connectivity index (χ0v) is 16.6. The highest BCUT2D eigenvalue weighted by Gasteiger charge is 2.20. The topological polar surface area (TPSA) is 42.2 Å². The summed E-state index contributed by atoms with van der Waals surface area (Å²) in [7, 11) is 0. The van der Waals surface area contributed by atoms with E-state index in [1.807, 2.05) is 29.7 Å². The number of hydrogen-bond donors (Lipinski definition) is 0. The summed E-state index contributed by atoms with van der Waals surface area (Å²) >= 11 is 1.89. The first-order valence-electron chi connectivity index (χ1n) is 9.51. The van der Waals surface area contributed by atoms with Crippen LogP contribution in [0.15, 0.2) is 65.4 Å². The van der Waals surface area contributed by atoms with Gasteiger partial charge in [-0.3, -0.25) is 4.90 Å². The Balaban J connectivity index is 1.29. The van der Waals surface area contributed by atoms with Crippen molar-refractivity contribution in [1.29, 1.82) is 0 Å². The minimum atomic E-state index is 0.679. The van der Waals surface area contributed by atoms with Crippen LogP contribution in [0, 0.1) is 6.92 Å².